The average molecular weight is 292 g/mol. The summed E-state index contributed by atoms with van der Waals surface area (Å²) < 4.78 is 0.711. The van der Waals surface area contributed by atoms with E-state index >= 15 is 0 Å². The molecule has 0 amide bonds. The second-order valence-electron chi connectivity index (χ2n) is 5.33. The Hall–Kier alpha value is -1.24. The summed E-state index contributed by atoms with van der Waals surface area (Å²) in [7, 11) is 0. The number of hydrogen-bond acceptors (Lipinski definition) is 5. The summed E-state index contributed by atoms with van der Waals surface area (Å²) >= 11 is 1.44. The molecule has 0 aromatic carbocycles. The van der Waals surface area contributed by atoms with Gasteiger partial charge < -0.3 is 15.2 Å². The molecule has 2 N–H and O–H groups in total. The molecular formula is C14H20N4OS. The highest BCUT2D eigenvalue weighted by Gasteiger charge is 2.20. The lowest BCUT2D eigenvalue weighted by atomic mass is 10.1. The minimum Gasteiger partial charge on any atom is -0.310 e. The minimum absolute atomic E-state index is 0.0279. The quantitative estimate of drug-likeness (QED) is 0.875. The number of aromatic amines is 1. The largest absolute Gasteiger partial charge is 0.310 e. The minimum atomic E-state index is -0.0279. The van der Waals surface area contributed by atoms with Crippen molar-refractivity contribution < 1.29 is 0 Å². The monoisotopic (exact) mass is 292 g/mol. The van der Waals surface area contributed by atoms with Crippen molar-refractivity contribution in [1.82, 2.24) is 20.2 Å². The van der Waals surface area contributed by atoms with Gasteiger partial charge in [0.05, 0.1) is 12.1 Å². The van der Waals surface area contributed by atoms with Crippen LogP contribution in [0.4, 0.5) is 0 Å². The number of aromatic nitrogens is 2. The first-order valence-corrected chi connectivity index (χ1v) is 8.03. The molecule has 1 saturated heterocycles. The normalized spacial score (nSPS) is 19.9. The second kappa shape index (κ2) is 6.03. The standard InChI is InChI=1S/C14H20N4OS/c1-2-18-5-3-10(9-18)7-15-8-12-16-11-4-6-20-13(11)14(19)17-12/h4,6,10,15H,2-3,5,7-9H2,1H3,(H,16,17,19). The van der Waals surface area contributed by atoms with Crippen LogP contribution in [-0.4, -0.2) is 41.0 Å². The molecule has 1 fully saturated rings. The molecule has 20 heavy (non-hydrogen) atoms. The van der Waals surface area contributed by atoms with E-state index in [4.69, 9.17) is 0 Å². The van der Waals surface area contributed by atoms with Gasteiger partial charge in [-0.05, 0) is 43.4 Å². The van der Waals surface area contributed by atoms with Gasteiger partial charge in [0.1, 0.15) is 10.5 Å². The summed E-state index contributed by atoms with van der Waals surface area (Å²) in [6.45, 7) is 7.35. The van der Waals surface area contributed by atoms with E-state index in [1.807, 2.05) is 11.4 Å². The number of nitrogens with one attached hydrogen (secondary N) is 2. The topological polar surface area (TPSA) is 61.0 Å². The van der Waals surface area contributed by atoms with Crippen LogP contribution in [0.2, 0.25) is 0 Å². The van der Waals surface area contributed by atoms with Crippen molar-refractivity contribution in [3.05, 3.63) is 27.6 Å². The van der Waals surface area contributed by atoms with E-state index in [2.05, 4.69) is 27.1 Å². The van der Waals surface area contributed by atoms with Crippen molar-refractivity contribution in [1.29, 1.82) is 0 Å². The summed E-state index contributed by atoms with van der Waals surface area (Å²) in [5.41, 5.74) is 0.772. The van der Waals surface area contributed by atoms with Crippen LogP contribution in [0.3, 0.4) is 0 Å². The Morgan fingerprint density at radius 3 is 3.30 bits per heavy atom. The Balaban J connectivity index is 1.56. The van der Waals surface area contributed by atoms with E-state index in [-0.39, 0.29) is 5.56 Å². The first-order valence-electron chi connectivity index (χ1n) is 7.15. The van der Waals surface area contributed by atoms with E-state index < -0.39 is 0 Å². The maximum atomic E-state index is 11.8. The molecule has 0 radical (unpaired) electrons. The molecule has 5 nitrogen and oxygen atoms in total. The second-order valence-corrected chi connectivity index (χ2v) is 6.24. The Morgan fingerprint density at radius 1 is 1.60 bits per heavy atom. The molecule has 1 atom stereocenters. The molecule has 1 aliphatic heterocycles. The highest BCUT2D eigenvalue weighted by molar-refractivity contribution is 7.17. The van der Waals surface area contributed by atoms with Crippen LogP contribution in [0.5, 0.6) is 0 Å². The Labute approximate surface area is 122 Å². The number of H-pyrrole nitrogens is 1. The van der Waals surface area contributed by atoms with Gasteiger partial charge in [-0.3, -0.25) is 4.79 Å². The third kappa shape index (κ3) is 2.92. The predicted molar refractivity (Wildman–Crippen MR) is 82.2 cm³/mol. The fraction of sp³-hybridized carbons (Fsp3) is 0.571. The number of hydrogen-bond donors (Lipinski definition) is 2. The van der Waals surface area contributed by atoms with E-state index in [9.17, 15) is 4.79 Å². The zero-order chi connectivity index (χ0) is 13.9. The summed E-state index contributed by atoms with van der Waals surface area (Å²) in [6.07, 6.45) is 1.26. The van der Waals surface area contributed by atoms with Crippen LogP contribution in [0.25, 0.3) is 10.2 Å². The van der Waals surface area contributed by atoms with Gasteiger partial charge in [-0.1, -0.05) is 6.92 Å². The molecule has 3 rings (SSSR count). The van der Waals surface area contributed by atoms with E-state index in [1.165, 1.54) is 30.8 Å². The SMILES string of the molecule is CCN1CCC(CNCc2nc3ccsc3c(=O)[nH]2)C1. The predicted octanol–water partition coefficient (Wildman–Crippen LogP) is 1.42. The number of rotatable bonds is 5. The zero-order valence-corrected chi connectivity index (χ0v) is 12.5. The fourth-order valence-electron chi connectivity index (χ4n) is 2.77. The first-order chi connectivity index (χ1) is 9.76. The van der Waals surface area contributed by atoms with E-state index in [1.54, 1.807) is 0 Å². The van der Waals surface area contributed by atoms with Crippen molar-refractivity contribution in [2.45, 2.75) is 19.9 Å². The molecule has 0 saturated carbocycles. The Bertz CT molecular complexity index is 635. The first kappa shape index (κ1) is 13.7. The van der Waals surface area contributed by atoms with Gasteiger partial charge in [0.15, 0.2) is 0 Å². The molecule has 6 heteroatoms. The zero-order valence-electron chi connectivity index (χ0n) is 11.7. The molecule has 0 aliphatic carbocycles. The van der Waals surface area contributed by atoms with Gasteiger partial charge in [0, 0.05) is 6.54 Å². The summed E-state index contributed by atoms with van der Waals surface area (Å²) in [5.74, 6) is 1.44. The maximum absolute atomic E-state index is 11.8. The number of fused-ring (bicyclic) bond motifs is 1. The Kier molecular flexibility index (Phi) is 4.14. The number of thiophene rings is 1. The summed E-state index contributed by atoms with van der Waals surface area (Å²) in [6, 6.07) is 1.90. The molecular weight excluding hydrogens is 272 g/mol. The van der Waals surface area contributed by atoms with Crippen molar-refractivity contribution in [3.8, 4) is 0 Å². The van der Waals surface area contributed by atoms with Crippen LogP contribution in [0.1, 0.15) is 19.2 Å². The smallest absolute Gasteiger partial charge is 0.268 e. The molecule has 2 aromatic heterocycles. The third-order valence-electron chi connectivity index (χ3n) is 3.91. The number of nitrogens with zero attached hydrogens (tertiary/aromatic N) is 2. The van der Waals surface area contributed by atoms with Gasteiger partial charge in [-0.25, -0.2) is 4.98 Å². The lowest BCUT2D eigenvalue weighted by Crippen LogP contribution is -2.27. The maximum Gasteiger partial charge on any atom is 0.268 e. The van der Waals surface area contributed by atoms with Crippen LogP contribution >= 0.6 is 11.3 Å². The van der Waals surface area contributed by atoms with E-state index in [0.717, 1.165) is 24.4 Å². The highest BCUT2D eigenvalue weighted by Crippen LogP contribution is 2.15. The van der Waals surface area contributed by atoms with Crippen LogP contribution in [0.15, 0.2) is 16.2 Å². The van der Waals surface area contributed by atoms with Crippen molar-refractivity contribution in [2.75, 3.05) is 26.2 Å². The summed E-state index contributed by atoms with van der Waals surface area (Å²) in [4.78, 5) is 21.6. The van der Waals surface area contributed by atoms with Crippen molar-refractivity contribution in [2.24, 2.45) is 5.92 Å². The van der Waals surface area contributed by atoms with Crippen molar-refractivity contribution >= 4 is 21.6 Å². The number of likely N-dealkylation sites (tertiary alicyclic amines) is 1. The average Bonchev–Trinajstić information content (AvgIpc) is 3.07. The van der Waals surface area contributed by atoms with E-state index in [0.29, 0.717) is 17.2 Å². The molecule has 0 bridgehead atoms. The van der Waals surface area contributed by atoms with Gasteiger partial charge in [-0.15, -0.1) is 11.3 Å². The molecule has 0 spiro atoms. The molecule has 1 aliphatic rings. The molecule has 3 heterocycles. The van der Waals surface area contributed by atoms with Gasteiger partial charge in [-0.2, -0.15) is 0 Å². The lowest BCUT2D eigenvalue weighted by Gasteiger charge is -2.13. The van der Waals surface area contributed by atoms with Gasteiger partial charge in [0.2, 0.25) is 0 Å². The van der Waals surface area contributed by atoms with Gasteiger partial charge >= 0.3 is 0 Å². The third-order valence-corrected chi connectivity index (χ3v) is 4.81. The van der Waals surface area contributed by atoms with Crippen LogP contribution in [0, 0.1) is 5.92 Å². The fourth-order valence-corrected chi connectivity index (χ4v) is 3.49. The molecule has 2 aromatic rings. The van der Waals surface area contributed by atoms with Crippen LogP contribution < -0.4 is 10.9 Å². The Morgan fingerprint density at radius 2 is 2.50 bits per heavy atom. The summed E-state index contributed by atoms with van der Waals surface area (Å²) in [5, 5.41) is 5.32. The van der Waals surface area contributed by atoms with Gasteiger partial charge in [0.25, 0.3) is 5.56 Å². The molecule has 1 unspecified atom stereocenters. The lowest BCUT2D eigenvalue weighted by molar-refractivity contribution is 0.338. The van der Waals surface area contributed by atoms with Crippen molar-refractivity contribution in [3.63, 3.8) is 0 Å². The van der Waals surface area contributed by atoms with Crippen LogP contribution in [-0.2, 0) is 6.54 Å². The molecule has 108 valence electrons. The highest BCUT2D eigenvalue weighted by atomic mass is 32.1.